The summed E-state index contributed by atoms with van der Waals surface area (Å²) in [5, 5.41) is 4.19. The normalized spacial score (nSPS) is 11.6. The van der Waals surface area contributed by atoms with Crippen LogP contribution in [-0.4, -0.2) is 35.0 Å². The fourth-order valence-electron chi connectivity index (χ4n) is 2.91. The summed E-state index contributed by atoms with van der Waals surface area (Å²) in [7, 11) is 0. The smallest absolute Gasteiger partial charge is 0.224 e. The highest BCUT2D eigenvalue weighted by Gasteiger charge is 2.07. The van der Waals surface area contributed by atoms with Crippen LogP contribution in [0, 0.1) is 5.92 Å². The molecule has 0 atom stereocenters. The van der Waals surface area contributed by atoms with Crippen LogP contribution in [0.5, 0.6) is 0 Å². The first-order valence-electron chi connectivity index (χ1n) is 9.14. The summed E-state index contributed by atoms with van der Waals surface area (Å²) in [6, 6.07) is 8.30. The van der Waals surface area contributed by atoms with Crippen LogP contribution in [0.25, 0.3) is 10.9 Å². The number of fused-ring (bicyclic) bond motifs is 1. The number of likely N-dealkylation sites (N-methyl/N-ethyl adjacent to an activating group) is 1. The second-order valence-corrected chi connectivity index (χ2v) is 6.79. The van der Waals surface area contributed by atoms with Crippen molar-refractivity contribution in [2.24, 2.45) is 5.92 Å². The van der Waals surface area contributed by atoms with Crippen LogP contribution >= 0.6 is 0 Å². The molecule has 1 aromatic heterocycles. The Balaban J connectivity index is 2.01. The molecule has 1 heterocycles. The van der Waals surface area contributed by atoms with Crippen LogP contribution in [0.3, 0.4) is 0 Å². The van der Waals surface area contributed by atoms with Gasteiger partial charge in [0.25, 0.3) is 0 Å². The largest absolute Gasteiger partial charge is 0.346 e. The molecule has 1 aromatic carbocycles. The molecule has 24 heavy (non-hydrogen) atoms. The third kappa shape index (κ3) is 5.10. The van der Waals surface area contributed by atoms with Crippen molar-refractivity contribution in [1.82, 2.24) is 9.47 Å². The fraction of sp³-hybridized carbons (Fsp3) is 0.550. The van der Waals surface area contributed by atoms with Gasteiger partial charge in [0.1, 0.15) is 0 Å². The van der Waals surface area contributed by atoms with Crippen molar-refractivity contribution in [2.45, 2.75) is 47.1 Å². The number of nitrogens with one attached hydrogen (secondary N) is 1. The first-order valence-corrected chi connectivity index (χ1v) is 9.14. The molecule has 1 amide bonds. The van der Waals surface area contributed by atoms with Gasteiger partial charge < -0.3 is 14.8 Å². The minimum atomic E-state index is 0.101. The lowest BCUT2D eigenvalue weighted by molar-refractivity contribution is -0.116. The fourth-order valence-corrected chi connectivity index (χ4v) is 2.91. The first-order chi connectivity index (χ1) is 11.5. The molecule has 1 N–H and O–H groups in total. The van der Waals surface area contributed by atoms with Gasteiger partial charge in [0.15, 0.2) is 0 Å². The molecule has 0 aliphatic heterocycles. The number of hydrogen-bond donors (Lipinski definition) is 1. The molecule has 0 spiro atoms. The van der Waals surface area contributed by atoms with E-state index in [-0.39, 0.29) is 5.91 Å². The van der Waals surface area contributed by atoms with E-state index in [1.807, 2.05) is 6.07 Å². The van der Waals surface area contributed by atoms with Gasteiger partial charge in [-0.2, -0.15) is 0 Å². The van der Waals surface area contributed by atoms with Crippen LogP contribution in [-0.2, 0) is 11.3 Å². The number of rotatable bonds is 9. The molecule has 0 aliphatic rings. The number of benzene rings is 1. The summed E-state index contributed by atoms with van der Waals surface area (Å²) in [6.45, 7) is 12.9. The summed E-state index contributed by atoms with van der Waals surface area (Å²) in [5.74, 6) is 0.655. The SMILES string of the molecule is CCN(CC)CCn1ccc2cc(NC(=O)CCC(C)C)ccc21. The molecular weight excluding hydrogens is 298 g/mol. The van der Waals surface area contributed by atoms with E-state index in [0.29, 0.717) is 12.3 Å². The Hall–Kier alpha value is -1.81. The van der Waals surface area contributed by atoms with Gasteiger partial charge in [0.05, 0.1) is 0 Å². The number of carbonyl (C=O) groups is 1. The minimum Gasteiger partial charge on any atom is -0.346 e. The Bertz CT molecular complexity index is 656. The van der Waals surface area contributed by atoms with Gasteiger partial charge in [-0.25, -0.2) is 0 Å². The lowest BCUT2D eigenvalue weighted by atomic mass is 10.1. The molecule has 0 unspecified atom stereocenters. The summed E-state index contributed by atoms with van der Waals surface area (Å²) in [5.41, 5.74) is 2.11. The Kier molecular flexibility index (Phi) is 6.85. The molecule has 4 heteroatoms. The predicted molar refractivity (Wildman–Crippen MR) is 102 cm³/mol. The summed E-state index contributed by atoms with van der Waals surface area (Å²) in [6.07, 6.45) is 3.65. The van der Waals surface area contributed by atoms with Crippen molar-refractivity contribution in [2.75, 3.05) is 25.0 Å². The third-order valence-corrected chi connectivity index (χ3v) is 4.56. The standard InChI is InChI=1S/C20H31N3O/c1-5-22(6-2)13-14-23-12-11-17-15-18(8-9-19(17)23)21-20(24)10-7-16(3)4/h8-9,11-12,15-16H,5-7,10,13-14H2,1-4H3,(H,21,24). The maximum absolute atomic E-state index is 12.0. The van der Waals surface area contributed by atoms with Crippen molar-refractivity contribution in [1.29, 1.82) is 0 Å². The van der Waals surface area contributed by atoms with Gasteiger partial charge in [-0.1, -0.05) is 27.7 Å². The maximum atomic E-state index is 12.0. The molecule has 0 radical (unpaired) electrons. The van der Waals surface area contributed by atoms with E-state index >= 15 is 0 Å². The zero-order valence-electron chi connectivity index (χ0n) is 15.5. The molecule has 0 saturated heterocycles. The first kappa shape index (κ1) is 18.5. The predicted octanol–water partition coefficient (Wildman–Crippen LogP) is 4.36. The molecule has 2 aromatic rings. The van der Waals surface area contributed by atoms with E-state index in [1.165, 1.54) is 10.9 Å². The Morgan fingerprint density at radius 3 is 2.62 bits per heavy atom. The number of aromatic nitrogens is 1. The van der Waals surface area contributed by atoms with Gasteiger partial charge in [-0.15, -0.1) is 0 Å². The monoisotopic (exact) mass is 329 g/mol. The van der Waals surface area contributed by atoms with E-state index in [0.717, 1.165) is 38.3 Å². The highest BCUT2D eigenvalue weighted by atomic mass is 16.1. The van der Waals surface area contributed by atoms with Crippen molar-refractivity contribution in [3.63, 3.8) is 0 Å². The zero-order chi connectivity index (χ0) is 17.5. The maximum Gasteiger partial charge on any atom is 0.224 e. The van der Waals surface area contributed by atoms with Gasteiger partial charge in [-0.3, -0.25) is 4.79 Å². The molecular formula is C20H31N3O. The molecule has 0 fully saturated rings. The molecule has 132 valence electrons. The average Bonchev–Trinajstić information content (AvgIpc) is 2.96. The Labute approximate surface area is 145 Å². The second-order valence-electron chi connectivity index (χ2n) is 6.79. The van der Waals surface area contributed by atoms with Crippen molar-refractivity contribution < 1.29 is 4.79 Å². The number of amides is 1. The Morgan fingerprint density at radius 1 is 1.21 bits per heavy atom. The van der Waals surface area contributed by atoms with Gasteiger partial charge in [-0.05, 0) is 49.7 Å². The number of nitrogens with zero attached hydrogens (tertiary/aromatic N) is 2. The van der Waals surface area contributed by atoms with Gasteiger partial charge >= 0.3 is 0 Å². The van der Waals surface area contributed by atoms with Crippen LogP contribution < -0.4 is 5.32 Å². The van der Waals surface area contributed by atoms with E-state index in [2.05, 4.69) is 66.9 Å². The van der Waals surface area contributed by atoms with Crippen molar-refractivity contribution in [3.8, 4) is 0 Å². The Morgan fingerprint density at radius 2 is 1.96 bits per heavy atom. The van der Waals surface area contributed by atoms with E-state index < -0.39 is 0 Å². The topological polar surface area (TPSA) is 37.3 Å². The van der Waals surface area contributed by atoms with E-state index in [1.54, 1.807) is 0 Å². The lowest BCUT2D eigenvalue weighted by Gasteiger charge is -2.18. The summed E-state index contributed by atoms with van der Waals surface area (Å²) in [4.78, 5) is 14.4. The third-order valence-electron chi connectivity index (χ3n) is 4.56. The van der Waals surface area contributed by atoms with Crippen molar-refractivity contribution in [3.05, 3.63) is 30.5 Å². The highest BCUT2D eigenvalue weighted by molar-refractivity contribution is 5.93. The average molecular weight is 329 g/mol. The second kappa shape index (κ2) is 8.88. The molecule has 2 rings (SSSR count). The number of anilines is 1. The molecule has 0 saturated carbocycles. The van der Waals surface area contributed by atoms with Crippen molar-refractivity contribution >= 4 is 22.5 Å². The van der Waals surface area contributed by atoms with Gasteiger partial charge in [0, 0.05) is 42.3 Å². The van der Waals surface area contributed by atoms with E-state index in [4.69, 9.17) is 0 Å². The number of hydrogen-bond acceptors (Lipinski definition) is 2. The van der Waals surface area contributed by atoms with Crippen LogP contribution in [0.15, 0.2) is 30.5 Å². The quantitative estimate of drug-likeness (QED) is 0.742. The summed E-state index contributed by atoms with van der Waals surface area (Å²) >= 11 is 0. The summed E-state index contributed by atoms with van der Waals surface area (Å²) < 4.78 is 2.29. The van der Waals surface area contributed by atoms with Crippen LogP contribution in [0.4, 0.5) is 5.69 Å². The van der Waals surface area contributed by atoms with Crippen LogP contribution in [0.1, 0.15) is 40.5 Å². The van der Waals surface area contributed by atoms with Gasteiger partial charge in [0.2, 0.25) is 5.91 Å². The molecule has 4 nitrogen and oxygen atoms in total. The lowest BCUT2D eigenvalue weighted by Crippen LogP contribution is -2.26. The van der Waals surface area contributed by atoms with Crippen LogP contribution in [0.2, 0.25) is 0 Å². The highest BCUT2D eigenvalue weighted by Crippen LogP contribution is 2.21. The molecule has 0 bridgehead atoms. The number of carbonyl (C=O) groups excluding carboxylic acids is 1. The van der Waals surface area contributed by atoms with E-state index in [9.17, 15) is 4.79 Å². The minimum absolute atomic E-state index is 0.101. The zero-order valence-corrected chi connectivity index (χ0v) is 15.5. The molecule has 0 aliphatic carbocycles.